The smallest absolute Gasteiger partial charge is 0.233 e. The monoisotopic (exact) mass is 443 g/mol. The van der Waals surface area contributed by atoms with E-state index in [9.17, 15) is 4.79 Å². The minimum Gasteiger partial charge on any atom is -0.497 e. The zero-order chi connectivity index (χ0) is 22.1. The Balaban J connectivity index is 1.56. The fourth-order valence-electron chi connectivity index (χ4n) is 3.67. The zero-order valence-corrected chi connectivity index (χ0v) is 17.9. The van der Waals surface area contributed by atoms with Crippen molar-refractivity contribution in [2.24, 2.45) is 0 Å². The molecule has 158 valence electrons. The van der Waals surface area contributed by atoms with Gasteiger partial charge in [-0.15, -0.1) is 0 Å². The Morgan fingerprint density at radius 2 is 1.97 bits per heavy atom. The summed E-state index contributed by atoms with van der Waals surface area (Å²) in [5.41, 5.74) is 3.84. The second-order valence-corrected chi connectivity index (χ2v) is 7.76. The number of carbonyl (C=O) groups is 1. The van der Waals surface area contributed by atoms with E-state index in [-0.39, 0.29) is 11.5 Å². The van der Waals surface area contributed by atoms with Crippen LogP contribution in [0.4, 0.5) is 0 Å². The molecule has 3 heterocycles. The molecule has 7 heteroatoms. The number of ketones is 1. The lowest BCUT2D eigenvalue weighted by molar-refractivity contribution is 0.100. The van der Waals surface area contributed by atoms with Crippen molar-refractivity contribution in [3.63, 3.8) is 0 Å². The van der Waals surface area contributed by atoms with Gasteiger partial charge in [-0.2, -0.15) is 0 Å². The maximum Gasteiger partial charge on any atom is 0.233 e. The van der Waals surface area contributed by atoms with Gasteiger partial charge in [-0.05, 0) is 48.0 Å². The standard InChI is InChI=1S/C25H18ClN3O3/c1-31-19-8-9-23-20(11-19)21(15-29(23)14-16-4-6-18(26)7-5-16)25(30)24-12-22(28-32-24)17-3-2-10-27-13-17/h2-13,15H,14H2,1H3. The maximum absolute atomic E-state index is 13.4. The Bertz CT molecular complexity index is 1410. The van der Waals surface area contributed by atoms with Crippen LogP contribution < -0.4 is 4.74 Å². The molecule has 0 bridgehead atoms. The van der Waals surface area contributed by atoms with E-state index in [2.05, 4.69) is 10.1 Å². The van der Waals surface area contributed by atoms with E-state index in [1.165, 1.54) is 0 Å². The van der Waals surface area contributed by atoms with Gasteiger partial charge in [-0.3, -0.25) is 9.78 Å². The van der Waals surface area contributed by atoms with E-state index in [1.54, 1.807) is 25.6 Å². The molecule has 0 amide bonds. The van der Waals surface area contributed by atoms with Crippen molar-refractivity contribution < 1.29 is 14.1 Å². The van der Waals surface area contributed by atoms with E-state index in [0.717, 1.165) is 22.0 Å². The molecule has 0 N–H and O–H groups in total. The zero-order valence-electron chi connectivity index (χ0n) is 17.2. The SMILES string of the molecule is COc1ccc2c(c1)c(C(=O)c1cc(-c3cccnc3)no1)cn2Cc1ccc(Cl)cc1. The molecule has 0 aliphatic carbocycles. The van der Waals surface area contributed by atoms with Crippen LogP contribution in [0.1, 0.15) is 21.7 Å². The molecule has 5 rings (SSSR count). The summed E-state index contributed by atoms with van der Waals surface area (Å²) in [5, 5.41) is 5.51. The predicted octanol–water partition coefficient (Wildman–Crippen LogP) is 5.63. The molecule has 0 radical (unpaired) electrons. The fraction of sp³-hybridized carbons (Fsp3) is 0.0800. The van der Waals surface area contributed by atoms with Gasteiger partial charge in [0.1, 0.15) is 11.4 Å². The molecule has 0 saturated heterocycles. The summed E-state index contributed by atoms with van der Waals surface area (Å²) in [6.07, 6.45) is 5.20. The van der Waals surface area contributed by atoms with Crippen molar-refractivity contribution in [1.29, 1.82) is 0 Å². The molecule has 0 spiro atoms. The number of nitrogens with zero attached hydrogens (tertiary/aromatic N) is 3. The van der Waals surface area contributed by atoms with Crippen molar-refractivity contribution in [2.45, 2.75) is 6.54 Å². The van der Waals surface area contributed by atoms with Crippen LogP contribution in [-0.2, 0) is 6.54 Å². The Morgan fingerprint density at radius 1 is 1.12 bits per heavy atom. The minimum absolute atomic E-state index is 0.164. The highest BCUT2D eigenvalue weighted by atomic mass is 35.5. The first-order valence-corrected chi connectivity index (χ1v) is 10.3. The van der Waals surface area contributed by atoms with Crippen molar-refractivity contribution in [1.82, 2.24) is 14.7 Å². The number of carbonyl (C=O) groups excluding carboxylic acids is 1. The fourth-order valence-corrected chi connectivity index (χ4v) is 3.79. The molecule has 5 aromatic rings. The van der Waals surface area contributed by atoms with E-state index >= 15 is 0 Å². The molecule has 0 saturated carbocycles. The Labute approximate surface area is 189 Å². The number of fused-ring (bicyclic) bond motifs is 1. The van der Waals surface area contributed by atoms with Crippen LogP contribution in [0.25, 0.3) is 22.2 Å². The number of ether oxygens (including phenoxy) is 1. The van der Waals surface area contributed by atoms with Gasteiger partial charge in [0.25, 0.3) is 0 Å². The van der Waals surface area contributed by atoms with Crippen LogP contribution in [0.3, 0.4) is 0 Å². The van der Waals surface area contributed by atoms with Gasteiger partial charge in [-0.25, -0.2) is 0 Å². The highest BCUT2D eigenvalue weighted by Crippen LogP contribution is 2.29. The molecular formula is C25H18ClN3O3. The third-order valence-corrected chi connectivity index (χ3v) is 5.54. The molecule has 6 nitrogen and oxygen atoms in total. The van der Waals surface area contributed by atoms with Crippen LogP contribution >= 0.6 is 11.6 Å². The molecule has 32 heavy (non-hydrogen) atoms. The van der Waals surface area contributed by atoms with Gasteiger partial charge in [0, 0.05) is 52.7 Å². The normalized spacial score (nSPS) is 11.1. The lowest BCUT2D eigenvalue weighted by Crippen LogP contribution is -2.00. The van der Waals surface area contributed by atoms with E-state index in [4.69, 9.17) is 20.9 Å². The molecular weight excluding hydrogens is 426 g/mol. The van der Waals surface area contributed by atoms with Crippen LogP contribution in [-0.4, -0.2) is 27.6 Å². The van der Waals surface area contributed by atoms with Gasteiger partial charge in [0.15, 0.2) is 0 Å². The maximum atomic E-state index is 13.4. The van der Waals surface area contributed by atoms with Crippen LogP contribution in [0, 0.1) is 0 Å². The summed E-state index contributed by atoms with van der Waals surface area (Å²) < 4.78 is 12.8. The third kappa shape index (κ3) is 3.76. The van der Waals surface area contributed by atoms with E-state index in [1.807, 2.05) is 65.4 Å². The number of benzene rings is 2. The minimum atomic E-state index is -0.249. The van der Waals surface area contributed by atoms with Crippen LogP contribution in [0.15, 0.2) is 83.8 Å². The van der Waals surface area contributed by atoms with E-state index < -0.39 is 0 Å². The van der Waals surface area contributed by atoms with Crippen LogP contribution in [0.2, 0.25) is 5.02 Å². The summed E-state index contributed by atoms with van der Waals surface area (Å²) in [6.45, 7) is 0.588. The second kappa shape index (κ2) is 8.32. The van der Waals surface area contributed by atoms with Gasteiger partial charge in [-0.1, -0.05) is 28.9 Å². The van der Waals surface area contributed by atoms with Crippen LogP contribution in [0.5, 0.6) is 5.75 Å². The summed E-state index contributed by atoms with van der Waals surface area (Å²) in [7, 11) is 1.60. The highest BCUT2D eigenvalue weighted by Gasteiger charge is 2.22. The number of rotatable bonds is 6. The molecule has 0 aliphatic rings. The lowest BCUT2D eigenvalue weighted by Gasteiger charge is -2.06. The summed E-state index contributed by atoms with van der Waals surface area (Å²) in [6, 6.07) is 18.6. The Morgan fingerprint density at radius 3 is 2.72 bits per heavy atom. The number of pyridine rings is 1. The topological polar surface area (TPSA) is 70.2 Å². The Hall–Kier alpha value is -3.90. The predicted molar refractivity (Wildman–Crippen MR) is 122 cm³/mol. The first kappa shape index (κ1) is 20.0. The number of hydrogen-bond acceptors (Lipinski definition) is 5. The van der Waals surface area contributed by atoms with Crippen molar-refractivity contribution >= 4 is 28.3 Å². The first-order chi connectivity index (χ1) is 15.6. The van der Waals surface area contributed by atoms with Crippen molar-refractivity contribution in [3.05, 3.63) is 101 Å². The average molecular weight is 444 g/mol. The largest absolute Gasteiger partial charge is 0.497 e. The van der Waals surface area contributed by atoms with Gasteiger partial charge in [0.2, 0.25) is 11.5 Å². The summed E-state index contributed by atoms with van der Waals surface area (Å²) in [4.78, 5) is 17.5. The van der Waals surface area contributed by atoms with Crippen molar-refractivity contribution in [3.8, 4) is 17.0 Å². The first-order valence-electron chi connectivity index (χ1n) is 9.95. The molecule has 0 fully saturated rings. The Kier molecular flexibility index (Phi) is 5.21. The third-order valence-electron chi connectivity index (χ3n) is 5.29. The highest BCUT2D eigenvalue weighted by molar-refractivity contribution is 6.30. The number of hydrogen-bond donors (Lipinski definition) is 0. The average Bonchev–Trinajstić information content (AvgIpc) is 3.46. The molecule has 3 aromatic heterocycles. The van der Waals surface area contributed by atoms with E-state index in [0.29, 0.717) is 28.6 Å². The molecule has 2 aromatic carbocycles. The number of aromatic nitrogens is 3. The molecule has 0 atom stereocenters. The number of methoxy groups -OCH3 is 1. The lowest BCUT2D eigenvalue weighted by atomic mass is 10.1. The van der Waals surface area contributed by atoms with Gasteiger partial charge < -0.3 is 13.8 Å². The number of halogens is 1. The van der Waals surface area contributed by atoms with Gasteiger partial charge in [0.05, 0.1) is 12.7 Å². The van der Waals surface area contributed by atoms with Crippen molar-refractivity contribution in [2.75, 3.05) is 7.11 Å². The summed E-state index contributed by atoms with van der Waals surface area (Å²) >= 11 is 6.02. The quantitative estimate of drug-likeness (QED) is 0.318. The molecule has 0 aliphatic heterocycles. The second-order valence-electron chi connectivity index (χ2n) is 7.33. The van der Waals surface area contributed by atoms with Gasteiger partial charge >= 0.3 is 0 Å². The molecule has 0 unspecified atom stereocenters. The summed E-state index contributed by atoms with van der Waals surface area (Å²) in [5.74, 6) is 0.586.